The smallest absolute Gasteiger partial charge is 0.244 e. The first-order chi connectivity index (χ1) is 9.43. The van der Waals surface area contributed by atoms with Crippen LogP contribution in [0.1, 0.15) is 24.8 Å². The van der Waals surface area contributed by atoms with Crippen LogP contribution in [0.2, 0.25) is 5.02 Å². The molecule has 1 fully saturated rings. The van der Waals surface area contributed by atoms with Gasteiger partial charge in [-0.05, 0) is 57.0 Å². The molecule has 1 aromatic carbocycles. The summed E-state index contributed by atoms with van der Waals surface area (Å²) < 4.78 is 26.9. The number of hydrogen-bond donors (Lipinski definition) is 1. The van der Waals surface area contributed by atoms with Crippen LogP contribution in [0.3, 0.4) is 0 Å². The number of halogens is 1. The third-order valence-electron chi connectivity index (χ3n) is 3.80. The lowest BCUT2D eigenvalue weighted by atomic mass is 10.1. The molecule has 1 aromatic rings. The summed E-state index contributed by atoms with van der Waals surface area (Å²) in [6, 6.07) is 5.10. The average Bonchev–Trinajstić information content (AvgIpc) is 2.66. The second-order valence-corrected chi connectivity index (χ2v) is 7.66. The van der Waals surface area contributed by atoms with Crippen molar-refractivity contribution < 1.29 is 8.42 Å². The summed E-state index contributed by atoms with van der Waals surface area (Å²) in [5.41, 5.74) is 0.954. The number of nitrogens with zero attached hydrogens (tertiary/aromatic N) is 1. The van der Waals surface area contributed by atoms with Crippen LogP contribution in [0.25, 0.3) is 0 Å². The third kappa shape index (κ3) is 3.34. The van der Waals surface area contributed by atoms with Crippen molar-refractivity contribution in [3.05, 3.63) is 28.8 Å². The molecule has 0 aromatic heterocycles. The lowest BCUT2D eigenvalue weighted by Crippen LogP contribution is -2.37. The molecule has 0 bridgehead atoms. The van der Waals surface area contributed by atoms with Gasteiger partial charge >= 0.3 is 0 Å². The van der Waals surface area contributed by atoms with E-state index in [0.717, 1.165) is 37.9 Å². The second-order valence-electron chi connectivity index (χ2n) is 5.29. The van der Waals surface area contributed by atoms with Gasteiger partial charge < -0.3 is 5.32 Å². The van der Waals surface area contributed by atoms with Crippen molar-refractivity contribution in [2.45, 2.75) is 37.1 Å². The van der Waals surface area contributed by atoms with E-state index in [-0.39, 0.29) is 10.9 Å². The number of sulfonamides is 1. The van der Waals surface area contributed by atoms with E-state index in [1.807, 2.05) is 6.92 Å². The van der Waals surface area contributed by atoms with E-state index in [1.54, 1.807) is 25.2 Å². The van der Waals surface area contributed by atoms with Gasteiger partial charge in [-0.15, -0.1) is 0 Å². The van der Waals surface area contributed by atoms with E-state index >= 15 is 0 Å². The lowest BCUT2D eigenvalue weighted by molar-refractivity contribution is 0.341. The predicted molar refractivity (Wildman–Crippen MR) is 81.6 cm³/mol. The van der Waals surface area contributed by atoms with E-state index in [1.165, 1.54) is 4.31 Å². The Kier molecular flexibility index (Phi) is 5.07. The zero-order chi connectivity index (χ0) is 14.8. The maximum Gasteiger partial charge on any atom is 0.244 e. The molecule has 1 N–H and O–H groups in total. The molecule has 0 aliphatic carbocycles. The van der Waals surface area contributed by atoms with Crippen LogP contribution in [-0.2, 0) is 10.0 Å². The largest absolute Gasteiger partial charge is 0.317 e. The SMILES string of the molecule is Cc1ccc(S(=O)(=O)N(C)C2CCCNCC2)c(Cl)c1. The summed E-state index contributed by atoms with van der Waals surface area (Å²) >= 11 is 6.11. The standard InChI is InChI=1S/C14H21ClN2O2S/c1-11-5-6-14(13(15)10-11)20(18,19)17(2)12-4-3-8-16-9-7-12/h5-6,10,12,16H,3-4,7-9H2,1-2H3. The van der Waals surface area contributed by atoms with E-state index < -0.39 is 10.0 Å². The molecule has 0 spiro atoms. The zero-order valence-corrected chi connectivity index (χ0v) is 13.5. The van der Waals surface area contributed by atoms with Crippen molar-refractivity contribution in [2.24, 2.45) is 0 Å². The Labute approximate surface area is 126 Å². The molecule has 4 nitrogen and oxygen atoms in total. The normalized spacial score (nSPS) is 20.9. The van der Waals surface area contributed by atoms with Gasteiger partial charge in [-0.2, -0.15) is 4.31 Å². The van der Waals surface area contributed by atoms with Gasteiger partial charge in [0.25, 0.3) is 0 Å². The van der Waals surface area contributed by atoms with Gasteiger partial charge in [0.2, 0.25) is 10.0 Å². The molecular weight excluding hydrogens is 296 g/mol. The fraction of sp³-hybridized carbons (Fsp3) is 0.571. The van der Waals surface area contributed by atoms with E-state index in [0.29, 0.717) is 5.02 Å². The average molecular weight is 317 g/mol. The molecule has 2 rings (SSSR count). The van der Waals surface area contributed by atoms with Gasteiger partial charge in [-0.3, -0.25) is 0 Å². The summed E-state index contributed by atoms with van der Waals surface area (Å²) in [5, 5.41) is 3.59. The fourth-order valence-electron chi connectivity index (χ4n) is 2.53. The molecule has 0 saturated carbocycles. The first kappa shape index (κ1) is 15.8. The molecule has 1 heterocycles. The molecule has 20 heavy (non-hydrogen) atoms. The second kappa shape index (κ2) is 6.43. The maximum atomic E-state index is 12.7. The molecule has 6 heteroatoms. The quantitative estimate of drug-likeness (QED) is 0.931. The van der Waals surface area contributed by atoms with E-state index in [2.05, 4.69) is 5.32 Å². The summed E-state index contributed by atoms with van der Waals surface area (Å²) in [7, 11) is -1.87. The number of aryl methyl sites for hydroxylation is 1. The van der Waals surface area contributed by atoms with E-state index in [4.69, 9.17) is 11.6 Å². The molecule has 1 aliphatic heterocycles. The van der Waals surface area contributed by atoms with Crippen molar-refractivity contribution in [1.82, 2.24) is 9.62 Å². The molecule has 1 aliphatic rings. The van der Waals surface area contributed by atoms with Crippen LogP contribution >= 0.6 is 11.6 Å². The molecule has 0 radical (unpaired) electrons. The minimum absolute atomic E-state index is 0.0346. The predicted octanol–water partition coefficient (Wildman–Crippen LogP) is 2.41. The van der Waals surface area contributed by atoms with Crippen molar-refractivity contribution in [3.8, 4) is 0 Å². The lowest BCUT2D eigenvalue weighted by Gasteiger charge is -2.26. The molecule has 0 amide bonds. The van der Waals surface area contributed by atoms with Crippen LogP contribution in [0, 0.1) is 6.92 Å². The van der Waals surface area contributed by atoms with Gasteiger partial charge in [0, 0.05) is 13.1 Å². The highest BCUT2D eigenvalue weighted by molar-refractivity contribution is 7.89. The van der Waals surface area contributed by atoms with Crippen molar-refractivity contribution in [1.29, 1.82) is 0 Å². The highest BCUT2D eigenvalue weighted by Crippen LogP contribution is 2.27. The van der Waals surface area contributed by atoms with E-state index in [9.17, 15) is 8.42 Å². The fourth-order valence-corrected chi connectivity index (χ4v) is 4.52. The Morgan fingerprint density at radius 3 is 2.75 bits per heavy atom. The topological polar surface area (TPSA) is 49.4 Å². The summed E-state index contributed by atoms with van der Waals surface area (Å²) in [6.45, 7) is 3.70. The highest BCUT2D eigenvalue weighted by atomic mass is 35.5. The van der Waals surface area contributed by atoms with Gasteiger partial charge in [0.1, 0.15) is 4.90 Å². The zero-order valence-electron chi connectivity index (χ0n) is 11.9. The summed E-state index contributed by atoms with van der Waals surface area (Å²) in [5.74, 6) is 0. The maximum absolute atomic E-state index is 12.7. The molecular formula is C14H21ClN2O2S. The van der Waals surface area contributed by atoms with Crippen molar-refractivity contribution in [2.75, 3.05) is 20.1 Å². The van der Waals surface area contributed by atoms with Crippen LogP contribution in [0.15, 0.2) is 23.1 Å². The third-order valence-corrected chi connectivity index (χ3v) is 6.20. The number of rotatable bonds is 3. The highest BCUT2D eigenvalue weighted by Gasteiger charge is 2.29. The monoisotopic (exact) mass is 316 g/mol. The van der Waals surface area contributed by atoms with Crippen LogP contribution in [0.5, 0.6) is 0 Å². The number of benzene rings is 1. The van der Waals surface area contributed by atoms with Gasteiger partial charge in [0.15, 0.2) is 0 Å². The molecule has 1 atom stereocenters. The molecule has 1 saturated heterocycles. The Balaban J connectivity index is 2.28. The van der Waals surface area contributed by atoms with Crippen LogP contribution in [-0.4, -0.2) is 38.9 Å². The minimum atomic E-state index is -3.53. The van der Waals surface area contributed by atoms with Gasteiger partial charge in [-0.25, -0.2) is 8.42 Å². The first-order valence-corrected chi connectivity index (χ1v) is 8.69. The molecule has 1 unspecified atom stereocenters. The Bertz CT molecular complexity index is 567. The number of hydrogen-bond acceptors (Lipinski definition) is 3. The Hall–Kier alpha value is -0.620. The Morgan fingerprint density at radius 1 is 1.30 bits per heavy atom. The first-order valence-electron chi connectivity index (χ1n) is 6.88. The van der Waals surface area contributed by atoms with Gasteiger partial charge in [0.05, 0.1) is 5.02 Å². The van der Waals surface area contributed by atoms with Crippen LogP contribution < -0.4 is 5.32 Å². The molecule has 112 valence electrons. The van der Waals surface area contributed by atoms with Crippen LogP contribution in [0.4, 0.5) is 0 Å². The summed E-state index contributed by atoms with van der Waals surface area (Å²) in [6.07, 6.45) is 2.71. The van der Waals surface area contributed by atoms with Crippen molar-refractivity contribution in [3.63, 3.8) is 0 Å². The number of nitrogens with one attached hydrogen (secondary N) is 1. The van der Waals surface area contributed by atoms with Crippen molar-refractivity contribution >= 4 is 21.6 Å². The minimum Gasteiger partial charge on any atom is -0.317 e. The Morgan fingerprint density at radius 2 is 2.05 bits per heavy atom. The van der Waals surface area contributed by atoms with Gasteiger partial charge in [-0.1, -0.05) is 17.7 Å². The summed E-state index contributed by atoms with van der Waals surface area (Å²) in [4.78, 5) is 0.199.